The number of carbonyl (C=O) groups is 2. The van der Waals surface area contributed by atoms with E-state index in [-0.39, 0.29) is 12.3 Å². The van der Waals surface area contributed by atoms with Gasteiger partial charge in [-0.15, -0.1) is 0 Å². The van der Waals surface area contributed by atoms with E-state index in [1.165, 1.54) is 5.56 Å². The minimum Gasteiger partial charge on any atom is -0.507 e. The maximum absolute atomic E-state index is 12.6. The van der Waals surface area contributed by atoms with Crippen molar-refractivity contribution in [3.05, 3.63) is 88.2 Å². The molecule has 0 saturated carbocycles. The van der Waals surface area contributed by atoms with Gasteiger partial charge in [-0.1, -0.05) is 50.3 Å². The number of amides is 1. The third-order valence-corrected chi connectivity index (χ3v) is 7.56. The van der Waals surface area contributed by atoms with Crippen LogP contribution in [0, 0.1) is 19.3 Å². The molecule has 41 heavy (non-hydrogen) atoms. The van der Waals surface area contributed by atoms with Gasteiger partial charge in [0.2, 0.25) is 5.91 Å². The van der Waals surface area contributed by atoms with Gasteiger partial charge < -0.3 is 20.3 Å². The van der Waals surface area contributed by atoms with Crippen LogP contribution in [-0.4, -0.2) is 33.7 Å². The molecule has 0 fully saturated rings. The third kappa shape index (κ3) is 9.29. The van der Waals surface area contributed by atoms with Crippen LogP contribution in [0.25, 0.3) is 12.2 Å². The predicted octanol–water partition coefficient (Wildman–Crippen LogP) is 7.33. The Morgan fingerprint density at radius 2 is 1.68 bits per heavy atom. The minimum absolute atomic E-state index is 0.0635. The number of phenolic OH excluding ortho intramolecular Hbond substituents is 1. The first-order valence-electron chi connectivity index (χ1n) is 14.3. The van der Waals surface area contributed by atoms with Crippen molar-refractivity contribution in [1.82, 2.24) is 4.98 Å². The van der Waals surface area contributed by atoms with Crippen molar-refractivity contribution in [2.24, 2.45) is 5.41 Å². The molecule has 3 aromatic rings. The molecule has 0 aliphatic rings. The summed E-state index contributed by atoms with van der Waals surface area (Å²) >= 11 is 0. The monoisotopic (exact) mass is 558 g/mol. The highest BCUT2D eigenvalue weighted by Crippen LogP contribution is 2.31. The summed E-state index contributed by atoms with van der Waals surface area (Å²) in [7, 11) is 0. The molecule has 0 saturated heterocycles. The van der Waals surface area contributed by atoms with E-state index in [1.54, 1.807) is 19.9 Å². The highest BCUT2D eigenvalue weighted by molar-refractivity contribution is 5.94. The number of carboxylic acids is 1. The van der Waals surface area contributed by atoms with Gasteiger partial charge in [0, 0.05) is 18.7 Å². The number of hydrogen-bond donors (Lipinski definition) is 3. The third-order valence-electron chi connectivity index (χ3n) is 7.56. The summed E-state index contributed by atoms with van der Waals surface area (Å²) in [6, 6.07) is 17.3. The summed E-state index contributed by atoms with van der Waals surface area (Å²) in [5.74, 6) is -0.869. The fourth-order valence-corrected chi connectivity index (χ4v) is 4.86. The summed E-state index contributed by atoms with van der Waals surface area (Å²) in [4.78, 5) is 29.0. The van der Waals surface area contributed by atoms with Crippen LogP contribution in [0.2, 0.25) is 0 Å². The Labute approximate surface area is 243 Å². The van der Waals surface area contributed by atoms with Crippen molar-refractivity contribution < 1.29 is 24.5 Å². The average Bonchev–Trinajstić information content (AvgIpc) is 2.95. The predicted molar refractivity (Wildman–Crippen MR) is 164 cm³/mol. The lowest BCUT2D eigenvalue weighted by molar-refractivity contribution is -0.151. The van der Waals surface area contributed by atoms with Crippen molar-refractivity contribution in [2.75, 3.05) is 11.9 Å². The smallest absolute Gasteiger partial charge is 0.310 e. The number of anilines is 1. The number of unbranched alkanes of at least 4 members (excludes halogenated alkanes) is 1. The number of phenols is 1. The van der Waals surface area contributed by atoms with Gasteiger partial charge in [0.1, 0.15) is 5.75 Å². The van der Waals surface area contributed by atoms with Gasteiger partial charge in [-0.05, 0) is 98.5 Å². The molecule has 0 radical (unpaired) electrons. The standard InChI is InChI=1S/C34H42N2O5/c1-5-34(6-2,33(39)40)22-31(37)36-29-14-9-12-26(21-29)16-17-28-13-10-15-30(35-28)23-41-18-8-7-11-27-19-24(3)32(38)25(4)20-27/h9-10,12-17,19-21,38H,5-8,11,18,22-23H2,1-4H3,(H,36,37)(H,39,40)/b17-16+. The number of carboxylic acid groups (broad SMARTS) is 1. The number of aliphatic carboxylic acids is 1. The van der Waals surface area contributed by atoms with Gasteiger partial charge in [-0.25, -0.2) is 0 Å². The molecule has 0 bridgehead atoms. The molecule has 1 amide bonds. The molecule has 2 aromatic carbocycles. The number of aromatic nitrogens is 1. The SMILES string of the molecule is CCC(CC)(CC(=O)Nc1cccc(/C=C/c2cccc(COCCCCc3cc(C)c(O)c(C)c3)n2)c1)C(=O)O. The number of aryl methyl sites for hydroxylation is 3. The van der Waals surface area contributed by atoms with E-state index in [4.69, 9.17) is 4.74 Å². The molecule has 0 aliphatic carbocycles. The quantitative estimate of drug-likeness (QED) is 0.169. The molecule has 0 atom stereocenters. The summed E-state index contributed by atoms with van der Waals surface area (Å²) in [6.07, 6.45) is 7.47. The molecule has 218 valence electrons. The lowest BCUT2D eigenvalue weighted by atomic mass is 9.79. The van der Waals surface area contributed by atoms with Gasteiger partial charge in [0.05, 0.1) is 23.4 Å². The molecule has 0 spiro atoms. The van der Waals surface area contributed by atoms with Crippen molar-refractivity contribution in [3.63, 3.8) is 0 Å². The first-order chi connectivity index (χ1) is 19.7. The summed E-state index contributed by atoms with van der Waals surface area (Å²) in [5, 5.41) is 22.4. The number of rotatable bonds is 15. The Morgan fingerprint density at radius 1 is 0.976 bits per heavy atom. The van der Waals surface area contributed by atoms with Gasteiger partial charge in [0.15, 0.2) is 0 Å². The molecular weight excluding hydrogens is 516 g/mol. The van der Waals surface area contributed by atoms with E-state index >= 15 is 0 Å². The molecule has 7 nitrogen and oxygen atoms in total. The number of aromatic hydroxyl groups is 1. The first kappa shape index (κ1) is 31.6. The minimum atomic E-state index is -1.05. The van der Waals surface area contributed by atoms with E-state index in [0.29, 0.717) is 37.5 Å². The van der Waals surface area contributed by atoms with Crippen LogP contribution in [0.4, 0.5) is 5.69 Å². The maximum Gasteiger partial charge on any atom is 0.310 e. The molecule has 3 rings (SSSR count). The largest absolute Gasteiger partial charge is 0.507 e. The maximum atomic E-state index is 12.6. The normalized spacial score (nSPS) is 11.6. The number of pyridine rings is 1. The summed E-state index contributed by atoms with van der Waals surface area (Å²) < 4.78 is 5.86. The van der Waals surface area contributed by atoms with Gasteiger partial charge in [-0.2, -0.15) is 0 Å². The number of benzene rings is 2. The zero-order chi connectivity index (χ0) is 29.8. The van der Waals surface area contributed by atoms with E-state index in [9.17, 15) is 19.8 Å². The fourth-order valence-electron chi connectivity index (χ4n) is 4.86. The fraction of sp³-hybridized carbons (Fsp3) is 0.382. The van der Waals surface area contributed by atoms with Crippen LogP contribution in [-0.2, 0) is 27.4 Å². The Hall–Kier alpha value is -3.97. The lowest BCUT2D eigenvalue weighted by Gasteiger charge is -2.25. The van der Waals surface area contributed by atoms with Crippen LogP contribution in [0.3, 0.4) is 0 Å². The Bertz CT molecular complexity index is 1340. The van der Waals surface area contributed by atoms with Crippen LogP contribution < -0.4 is 5.32 Å². The molecule has 1 heterocycles. The number of nitrogens with zero attached hydrogens (tertiary/aromatic N) is 1. The van der Waals surface area contributed by atoms with E-state index in [1.807, 2.05) is 74.5 Å². The van der Waals surface area contributed by atoms with Crippen LogP contribution in [0.5, 0.6) is 5.75 Å². The van der Waals surface area contributed by atoms with E-state index in [2.05, 4.69) is 10.3 Å². The topological polar surface area (TPSA) is 109 Å². The van der Waals surface area contributed by atoms with Crippen LogP contribution in [0.15, 0.2) is 54.6 Å². The molecule has 7 heteroatoms. The van der Waals surface area contributed by atoms with Crippen molar-refractivity contribution >= 4 is 29.7 Å². The molecule has 3 N–H and O–H groups in total. The average molecular weight is 559 g/mol. The first-order valence-corrected chi connectivity index (χ1v) is 14.3. The molecular formula is C34H42N2O5. The number of carbonyl (C=O) groups excluding carboxylic acids is 1. The van der Waals surface area contributed by atoms with Gasteiger partial charge in [-0.3, -0.25) is 14.6 Å². The number of ether oxygens (including phenoxy) is 1. The molecule has 0 aliphatic heterocycles. The summed E-state index contributed by atoms with van der Waals surface area (Å²) in [5.41, 5.74) is 5.18. The summed E-state index contributed by atoms with van der Waals surface area (Å²) in [6.45, 7) is 8.55. The van der Waals surface area contributed by atoms with Crippen LogP contribution >= 0.6 is 0 Å². The zero-order valence-corrected chi connectivity index (χ0v) is 24.6. The van der Waals surface area contributed by atoms with Crippen molar-refractivity contribution in [2.45, 2.75) is 72.8 Å². The second-order valence-electron chi connectivity index (χ2n) is 10.6. The highest BCUT2D eigenvalue weighted by Gasteiger charge is 2.37. The number of hydrogen-bond acceptors (Lipinski definition) is 5. The Morgan fingerprint density at radius 3 is 2.37 bits per heavy atom. The van der Waals surface area contributed by atoms with Crippen molar-refractivity contribution in [1.29, 1.82) is 0 Å². The Kier molecular flexibility index (Phi) is 11.7. The number of nitrogens with one attached hydrogen (secondary N) is 1. The molecule has 1 aromatic heterocycles. The van der Waals surface area contributed by atoms with E-state index in [0.717, 1.165) is 47.3 Å². The second-order valence-corrected chi connectivity index (χ2v) is 10.6. The van der Waals surface area contributed by atoms with Crippen molar-refractivity contribution in [3.8, 4) is 5.75 Å². The Balaban J connectivity index is 1.48. The van der Waals surface area contributed by atoms with Gasteiger partial charge in [0.25, 0.3) is 0 Å². The van der Waals surface area contributed by atoms with Gasteiger partial charge >= 0.3 is 5.97 Å². The van der Waals surface area contributed by atoms with Crippen LogP contribution in [0.1, 0.15) is 79.6 Å². The van der Waals surface area contributed by atoms with E-state index < -0.39 is 11.4 Å². The molecule has 0 unspecified atom stereocenters. The zero-order valence-electron chi connectivity index (χ0n) is 24.6. The lowest BCUT2D eigenvalue weighted by Crippen LogP contribution is -2.34. The highest BCUT2D eigenvalue weighted by atomic mass is 16.5. The second kappa shape index (κ2) is 15.1.